The Kier molecular flexibility index (Phi) is 3.72. The molecule has 3 nitrogen and oxygen atoms in total. The van der Waals surface area contributed by atoms with Crippen LogP contribution in [0.1, 0.15) is 26.5 Å². The van der Waals surface area contributed by atoms with E-state index in [-0.39, 0.29) is 11.0 Å². The van der Waals surface area contributed by atoms with Crippen molar-refractivity contribution in [2.24, 2.45) is 0 Å². The monoisotopic (exact) mass is 307 g/mol. The first-order chi connectivity index (χ1) is 10.9. The average molecular weight is 307 g/mol. The van der Waals surface area contributed by atoms with E-state index in [1.54, 1.807) is 7.11 Å². The average Bonchev–Trinajstić information content (AvgIpc) is 2.54. The SMILES string of the molecule is COc1ccc2c(=O)[nH]c(C(C)(C)C)c(-c3ccccc3)c2c1. The van der Waals surface area contributed by atoms with Gasteiger partial charge in [0.25, 0.3) is 5.56 Å². The normalized spacial score (nSPS) is 11.7. The minimum Gasteiger partial charge on any atom is -0.497 e. The Hall–Kier alpha value is -2.55. The summed E-state index contributed by atoms with van der Waals surface area (Å²) in [4.78, 5) is 15.6. The van der Waals surface area contributed by atoms with Crippen LogP contribution in [0.5, 0.6) is 5.75 Å². The molecule has 3 aromatic rings. The van der Waals surface area contributed by atoms with Gasteiger partial charge in [-0.2, -0.15) is 0 Å². The van der Waals surface area contributed by atoms with Crippen molar-refractivity contribution < 1.29 is 4.74 Å². The number of fused-ring (bicyclic) bond motifs is 1. The molecule has 0 unspecified atom stereocenters. The number of aromatic amines is 1. The molecule has 0 fully saturated rings. The molecule has 0 radical (unpaired) electrons. The number of hydrogen-bond acceptors (Lipinski definition) is 2. The van der Waals surface area contributed by atoms with E-state index in [1.165, 1.54) is 0 Å². The molecule has 1 aromatic heterocycles. The second-order valence-corrected chi connectivity index (χ2v) is 6.73. The van der Waals surface area contributed by atoms with Crippen molar-refractivity contribution in [3.63, 3.8) is 0 Å². The smallest absolute Gasteiger partial charge is 0.256 e. The molecule has 1 heterocycles. The molecule has 0 saturated heterocycles. The van der Waals surface area contributed by atoms with Gasteiger partial charge in [0.2, 0.25) is 0 Å². The third-order valence-corrected chi connectivity index (χ3v) is 4.04. The maximum absolute atomic E-state index is 12.5. The van der Waals surface area contributed by atoms with Crippen LogP contribution in [0.25, 0.3) is 21.9 Å². The molecule has 0 aliphatic heterocycles. The molecule has 0 aliphatic rings. The first kappa shape index (κ1) is 15.3. The van der Waals surface area contributed by atoms with Crippen molar-refractivity contribution in [3.05, 3.63) is 64.6 Å². The maximum Gasteiger partial charge on any atom is 0.256 e. The van der Waals surface area contributed by atoms with E-state index < -0.39 is 0 Å². The highest BCUT2D eigenvalue weighted by molar-refractivity contribution is 5.98. The van der Waals surface area contributed by atoms with Crippen molar-refractivity contribution in [1.29, 1.82) is 0 Å². The third kappa shape index (κ3) is 2.74. The van der Waals surface area contributed by atoms with Gasteiger partial charge >= 0.3 is 0 Å². The van der Waals surface area contributed by atoms with Crippen molar-refractivity contribution in [2.45, 2.75) is 26.2 Å². The fourth-order valence-electron chi connectivity index (χ4n) is 2.90. The molecule has 0 spiro atoms. The number of H-pyrrole nitrogens is 1. The first-order valence-electron chi connectivity index (χ1n) is 7.72. The van der Waals surface area contributed by atoms with Crippen LogP contribution >= 0.6 is 0 Å². The number of methoxy groups -OCH3 is 1. The number of benzene rings is 2. The van der Waals surface area contributed by atoms with Crippen molar-refractivity contribution in [1.82, 2.24) is 4.98 Å². The number of pyridine rings is 1. The van der Waals surface area contributed by atoms with E-state index in [0.29, 0.717) is 5.39 Å². The highest BCUT2D eigenvalue weighted by atomic mass is 16.5. The van der Waals surface area contributed by atoms with Gasteiger partial charge in [-0.1, -0.05) is 51.1 Å². The summed E-state index contributed by atoms with van der Waals surface area (Å²) in [7, 11) is 1.64. The third-order valence-electron chi connectivity index (χ3n) is 4.04. The Morgan fingerprint density at radius 2 is 1.65 bits per heavy atom. The van der Waals surface area contributed by atoms with Gasteiger partial charge in [0.05, 0.1) is 7.11 Å². The van der Waals surface area contributed by atoms with Crippen LogP contribution in [0.15, 0.2) is 53.3 Å². The number of aromatic nitrogens is 1. The largest absolute Gasteiger partial charge is 0.497 e. The van der Waals surface area contributed by atoms with Gasteiger partial charge in [-0.15, -0.1) is 0 Å². The van der Waals surface area contributed by atoms with Gasteiger partial charge in [-0.05, 0) is 23.8 Å². The van der Waals surface area contributed by atoms with Crippen LogP contribution in [0.3, 0.4) is 0 Å². The molecule has 0 atom stereocenters. The van der Waals surface area contributed by atoms with Gasteiger partial charge in [0.15, 0.2) is 0 Å². The Morgan fingerprint density at radius 3 is 2.26 bits per heavy atom. The number of rotatable bonds is 2. The molecule has 3 rings (SSSR count). The Bertz CT molecular complexity index is 903. The van der Waals surface area contributed by atoms with E-state index in [1.807, 2.05) is 36.4 Å². The predicted octanol–water partition coefficient (Wildman–Crippen LogP) is 4.50. The molecule has 2 aromatic carbocycles. The minimum atomic E-state index is -0.179. The summed E-state index contributed by atoms with van der Waals surface area (Å²) < 4.78 is 5.37. The topological polar surface area (TPSA) is 42.1 Å². The van der Waals surface area contributed by atoms with Gasteiger partial charge in [-0.25, -0.2) is 0 Å². The molecule has 118 valence electrons. The van der Waals surface area contributed by atoms with E-state index in [2.05, 4.69) is 37.9 Å². The molecular formula is C20H21NO2. The summed E-state index contributed by atoms with van der Waals surface area (Å²) in [6.45, 7) is 6.32. The number of hydrogen-bond donors (Lipinski definition) is 1. The highest BCUT2D eigenvalue weighted by Crippen LogP contribution is 2.36. The fourth-order valence-corrected chi connectivity index (χ4v) is 2.90. The lowest BCUT2D eigenvalue weighted by molar-refractivity contribution is 0.415. The van der Waals surface area contributed by atoms with Crippen LogP contribution in [0.4, 0.5) is 0 Å². The van der Waals surface area contributed by atoms with Crippen molar-refractivity contribution >= 4 is 10.8 Å². The summed E-state index contributed by atoms with van der Waals surface area (Å²) in [5.41, 5.74) is 2.85. The summed E-state index contributed by atoms with van der Waals surface area (Å²) in [5.74, 6) is 0.750. The second kappa shape index (κ2) is 5.58. The van der Waals surface area contributed by atoms with Gasteiger partial charge in [-0.3, -0.25) is 4.79 Å². The lowest BCUT2D eigenvalue weighted by Gasteiger charge is -2.24. The van der Waals surface area contributed by atoms with Crippen molar-refractivity contribution in [3.8, 4) is 16.9 Å². The summed E-state index contributed by atoms with van der Waals surface area (Å²) in [6, 6.07) is 15.8. The summed E-state index contributed by atoms with van der Waals surface area (Å²) in [6.07, 6.45) is 0. The van der Waals surface area contributed by atoms with Crippen LogP contribution in [0, 0.1) is 0 Å². The zero-order valence-corrected chi connectivity index (χ0v) is 13.9. The number of nitrogens with one attached hydrogen (secondary N) is 1. The van der Waals surface area contributed by atoms with Crippen LogP contribution in [0.2, 0.25) is 0 Å². The molecule has 3 heteroatoms. The molecule has 0 bridgehead atoms. The van der Waals surface area contributed by atoms with Gasteiger partial charge < -0.3 is 9.72 Å². The van der Waals surface area contributed by atoms with Crippen LogP contribution < -0.4 is 10.3 Å². The van der Waals surface area contributed by atoms with Crippen LogP contribution in [-0.2, 0) is 5.41 Å². The van der Waals surface area contributed by atoms with Crippen LogP contribution in [-0.4, -0.2) is 12.1 Å². The predicted molar refractivity (Wildman–Crippen MR) is 95.3 cm³/mol. The lowest BCUT2D eigenvalue weighted by atomic mass is 9.84. The molecule has 23 heavy (non-hydrogen) atoms. The lowest BCUT2D eigenvalue weighted by Crippen LogP contribution is -2.21. The van der Waals surface area contributed by atoms with E-state index in [4.69, 9.17) is 4.74 Å². The van der Waals surface area contributed by atoms with E-state index in [9.17, 15) is 4.79 Å². The Balaban J connectivity index is 2.50. The molecular weight excluding hydrogens is 286 g/mol. The maximum atomic E-state index is 12.5. The first-order valence-corrected chi connectivity index (χ1v) is 7.72. The molecule has 0 amide bonds. The van der Waals surface area contributed by atoms with E-state index in [0.717, 1.165) is 28.0 Å². The van der Waals surface area contributed by atoms with E-state index >= 15 is 0 Å². The fraction of sp³-hybridized carbons (Fsp3) is 0.250. The van der Waals surface area contributed by atoms with Gasteiger partial charge in [0.1, 0.15) is 5.75 Å². The number of ether oxygens (including phenoxy) is 1. The standard InChI is InChI=1S/C20H21NO2/c1-20(2,3)18-17(13-8-6-5-7-9-13)16-12-14(23-4)10-11-15(16)19(22)21-18/h5-12H,1-4H3,(H,21,22). The summed E-state index contributed by atoms with van der Waals surface area (Å²) >= 11 is 0. The molecule has 1 N–H and O–H groups in total. The zero-order chi connectivity index (χ0) is 16.6. The summed E-state index contributed by atoms with van der Waals surface area (Å²) in [5, 5.41) is 1.60. The van der Waals surface area contributed by atoms with Gasteiger partial charge in [0, 0.05) is 27.4 Å². The Labute approximate surface area is 135 Å². The van der Waals surface area contributed by atoms with Crippen molar-refractivity contribution in [2.75, 3.05) is 7.11 Å². The Morgan fingerprint density at radius 1 is 0.957 bits per heavy atom. The zero-order valence-electron chi connectivity index (χ0n) is 13.9. The molecule has 0 saturated carbocycles. The second-order valence-electron chi connectivity index (χ2n) is 6.73. The highest BCUT2D eigenvalue weighted by Gasteiger charge is 2.23. The molecule has 0 aliphatic carbocycles. The quantitative estimate of drug-likeness (QED) is 0.757. The minimum absolute atomic E-state index is 0.0627.